The van der Waals surface area contributed by atoms with Gasteiger partial charge in [0.15, 0.2) is 0 Å². The second-order valence-electron chi connectivity index (χ2n) is 8.98. The lowest BCUT2D eigenvalue weighted by molar-refractivity contribution is 0.00578. The van der Waals surface area contributed by atoms with E-state index in [2.05, 4.69) is 4.72 Å². The molecular weight excluding hydrogens is 361 g/mol. The second-order valence-corrected chi connectivity index (χ2v) is 10.7. The number of hydrogen-bond donors (Lipinski definition) is 1. The van der Waals surface area contributed by atoms with Crippen molar-refractivity contribution >= 4 is 17.1 Å². The fourth-order valence-electron chi connectivity index (χ4n) is 3.87. The highest BCUT2D eigenvalue weighted by Gasteiger charge is 2.55. The van der Waals surface area contributed by atoms with Crippen molar-refractivity contribution in [2.75, 3.05) is 0 Å². The minimum atomic E-state index is -3.65. The van der Waals surface area contributed by atoms with Gasteiger partial charge in [0.2, 0.25) is 10.0 Å². The third-order valence-corrected chi connectivity index (χ3v) is 7.82. The van der Waals surface area contributed by atoms with E-state index >= 15 is 0 Å². The summed E-state index contributed by atoms with van der Waals surface area (Å²) in [6.45, 7) is 9.94. The van der Waals surface area contributed by atoms with E-state index in [0.717, 1.165) is 31.2 Å². The fourth-order valence-corrected chi connectivity index (χ4v) is 5.16. The second kappa shape index (κ2) is 7.50. The summed E-state index contributed by atoms with van der Waals surface area (Å²) in [5, 5.41) is 0. The summed E-state index contributed by atoms with van der Waals surface area (Å²) in [5.41, 5.74) is 0.0588. The Labute approximate surface area is 164 Å². The van der Waals surface area contributed by atoms with Crippen LogP contribution in [0, 0.1) is 12.8 Å². The van der Waals surface area contributed by atoms with Gasteiger partial charge in [0.25, 0.3) is 0 Å². The normalized spacial score (nSPS) is 24.1. The Morgan fingerprint density at radius 3 is 2.04 bits per heavy atom. The quantitative estimate of drug-likeness (QED) is 0.772. The summed E-state index contributed by atoms with van der Waals surface area (Å²) >= 11 is 0. The van der Waals surface area contributed by atoms with Crippen LogP contribution in [0.1, 0.15) is 65.4 Å². The zero-order valence-corrected chi connectivity index (χ0v) is 17.9. The van der Waals surface area contributed by atoms with Gasteiger partial charge in [-0.3, -0.25) is 0 Å². The predicted molar refractivity (Wildman–Crippen MR) is 108 cm³/mol. The van der Waals surface area contributed by atoms with Crippen molar-refractivity contribution in [2.24, 2.45) is 5.92 Å². The molecule has 1 saturated carbocycles. The van der Waals surface area contributed by atoms with E-state index in [1.807, 2.05) is 46.8 Å². The van der Waals surface area contributed by atoms with Crippen molar-refractivity contribution < 1.29 is 17.7 Å². The monoisotopic (exact) mass is 393 g/mol. The number of rotatable bonds is 5. The number of hydrogen-bond acceptors (Lipinski definition) is 4. The largest absolute Gasteiger partial charge is 0.477 e. The summed E-state index contributed by atoms with van der Waals surface area (Å²) in [4.78, 5) is 0.283. The lowest BCUT2D eigenvalue weighted by atomic mass is 9.67. The van der Waals surface area contributed by atoms with Crippen molar-refractivity contribution in [1.82, 2.24) is 4.72 Å². The van der Waals surface area contributed by atoms with Crippen LogP contribution in [0.4, 0.5) is 0 Å². The molecule has 7 heteroatoms. The maximum Gasteiger partial charge on any atom is 0.477 e. The Morgan fingerprint density at radius 2 is 1.52 bits per heavy atom. The van der Waals surface area contributed by atoms with Gasteiger partial charge in [-0.25, -0.2) is 13.1 Å². The minimum Gasteiger partial charge on any atom is -0.402 e. The summed E-state index contributed by atoms with van der Waals surface area (Å²) in [6.07, 6.45) is 5.42. The number of sulfonamides is 1. The van der Waals surface area contributed by atoms with Gasteiger partial charge in [0, 0.05) is 0 Å². The predicted octanol–water partition coefficient (Wildman–Crippen LogP) is 3.85. The Bertz CT molecular complexity index is 739. The van der Waals surface area contributed by atoms with Crippen molar-refractivity contribution in [3.05, 3.63) is 29.8 Å². The average molecular weight is 393 g/mol. The standard InChI is InChI=1S/C20H32BNO4S/c1-15-11-13-17(14-12-15)27(23,24)22-18(16-9-7-6-8-10-16)21-25-19(2,3)20(4,5)26-21/h11-14,16,18,22H,6-10H2,1-5H3/t18-/m0/s1. The zero-order valence-electron chi connectivity index (χ0n) is 17.1. The first kappa shape index (κ1) is 20.8. The highest BCUT2D eigenvalue weighted by atomic mass is 32.2. The molecule has 1 aliphatic carbocycles. The SMILES string of the molecule is Cc1ccc(S(=O)(=O)N[C@H](B2OC(C)(C)C(C)(C)O2)C2CCCCC2)cc1. The first-order chi connectivity index (χ1) is 12.5. The Kier molecular flexibility index (Phi) is 5.79. The molecule has 150 valence electrons. The van der Waals surface area contributed by atoms with Gasteiger partial charge >= 0.3 is 7.12 Å². The minimum absolute atomic E-state index is 0.216. The summed E-state index contributed by atoms with van der Waals surface area (Å²) < 4.78 is 41.5. The van der Waals surface area contributed by atoms with Crippen LogP contribution in [0.5, 0.6) is 0 Å². The molecule has 1 atom stereocenters. The summed E-state index contributed by atoms with van der Waals surface area (Å²) in [7, 11) is -4.23. The fraction of sp³-hybridized carbons (Fsp3) is 0.700. The molecule has 0 aromatic heterocycles. The molecule has 1 N–H and O–H groups in total. The Balaban J connectivity index is 1.88. The molecule has 0 spiro atoms. The third kappa shape index (κ3) is 4.42. The highest BCUT2D eigenvalue weighted by Crippen LogP contribution is 2.40. The number of aryl methyl sites for hydroxylation is 1. The van der Waals surface area contributed by atoms with Crippen LogP contribution in [0.3, 0.4) is 0 Å². The van der Waals surface area contributed by atoms with E-state index in [4.69, 9.17) is 9.31 Å². The van der Waals surface area contributed by atoms with Crippen molar-refractivity contribution in [3.8, 4) is 0 Å². The third-order valence-electron chi connectivity index (χ3n) is 6.34. The molecule has 5 nitrogen and oxygen atoms in total. The van der Waals surface area contributed by atoms with Gasteiger partial charge in [-0.15, -0.1) is 0 Å². The number of nitrogens with one attached hydrogen (secondary N) is 1. The summed E-state index contributed by atoms with van der Waals surface area (Å²) in [5.74, 6) is -0.175. The maximum atomic E-state index is 13.1. The van der Waals surface area contributed by atoms with Crippen LogP contribution in [0.2, 0.25) is 0 Å². The first-order valence-electron chi connectivity index (χ1n) is 9.96. The number of benzene rings is 1. The zero-order chi connectivity index (χ0) is 19.9. The van der Waals surface area contributed by atoms with E-state index in [-0.39, 0.29) is 10.8 Å². The summed E-state index contributed by atoms with van der Waals surface area (Å²) in [6, 6.07) is 6.94. The molecule has 1 aliphatic heterocycles. The molecule has 1 heterocycles. The molecular formula is C20H32BNO4S. The van der Waals surface area contributed by atoms with Crippen LogP contribution in [-0.4, -0.2) is 32.7 Å². The van der Waals surface area contributed by atoms with E-state index in [9.17, 15) is 8.42 Å². The van der Waals surface area contributed by atoms with Crippen molar-refractivity contribution in [3.63, 3.8) is 0 Å². The molecule has 0 bridgehead atoms. The van der Waals surface area contributed by atoms with Crippen molar-refractivity contribution in [2.45, 2.75) is 88.8 Å². The average Bonchev–Trinajstić information content (AvgIpc) is 2.81. The van der Waals surface area contributed by atoms with Crippen LogP contribution in [-0.2, 0) is 19.3 Å². The van der Waals surface area contributed by atoms with Crippen LogP contribution >= 0.6 is 0 Å². The molecule has 1 aromatic carbocycles. The van der Waals surface area contributed by atoms with Crippen LogP contribution in [0.15, 0.2) is 29.2 Å². The molecule has 3 rings (SSSR count). The molecule has 1 aromatic rings. The van der Waals surface area contributed by atoms with E-state index in [1.165, 1.54) is 6.42 Å². The molecule has 0 radical (unpaired) electrons. The van der Waals surface area contributed by atoms with Gasteiger partial charge in [-0.2, -0.15) is 0 Å². The van der Waals surface area contributed by atoms with Gasteiger partial charge in [-0.1, -0.05) is 37.0 Å². The van der Waals surface area contributed by atoms with E-state index < -0.39 is 34.3 Å². The smallest absolute Gasteiger partial charge is 0.402 e. The maximum absolute atomic E-state index is 13.1. The Morgan fingerprint density at radius 1 is 1.00 bits per heavy atom. The van der Waals surface area contributed by atoms with Gasteiger partial charge in [0.05, 0.1) is 22.0 Å². The topological polar surface area (TPSA) is 64.6 Å². The molecule has 2 fully saturated rings. The lowest BCUT2D eigenvalue weighted by Crippen LogP contribution is -2.52. The molecule has 1 saturated heterocycles. The molecule has 27 heavy (non-hydrogen) atoms. The molecule has 0 amide bonds. The van der Waals surface area contributed by atoms with Crippen LogP contribution in [0.25, 0.3) is 0 Å². The van der Waals surface area contributed by atoms with Gasteiger partial charge in [0.1, 0.15) is 0 Å². The lowest BCUT2D eigenvalue weighted by Gasteiger charge is -2.32. The van der Waals surface area contributed by atoms with Gasteiger partial charge in [-0.05, 0) is 65.5 Å². The van der Waals surface area contributed by atoms with E-state index in [0.29, 0.717) is 0 Å². The first-order valence-corrected chi connectivity index (χ1v) is 11.4. The van der Waals surface area contributed by atoms with E-state index in [1.54, 1.807) is 12.1 Å². The molecule has 0 unspecified atom stereocenters. The Hall–Kier alpha value is -0.885. The van der Waals surface area contributed by atoms with Gasteiger partial charge < -0.3 is 9.31 Å². The highest BCUT2D eigenvalue weighted by molar-refractivity contribution is 7.89. The van der Waals surface area contributed by atoms with Crippen molar-refractivity contribution in [1.29, 1.82) is 0 Å². The van der Waals surface area contributed by atoms with Crippen LogP contribution < -0.4 is 4.72 Å². The molecule has 2 aliphatic rings.